The van der Waals surface area contributed by atoms with Crippen LogP contribution in [0.4, 0.5) is 0 Å². The number of nitrogens with two attached hydrogens (primary N) is 1. The highest BCUT2D eigenvalue weighted by Gasteiger charge is 2.22. The van der Waals surface area contributed by atoms with Crippen molar-refractivity contribution in [1.29, 1.82) is 0 Å². The van der Waals surface area contributed by atoms with Gasteiger partial charge in [0.2, 0.25) is 5.91 Å². The van der Waals surface area contributed by atoms with E-state index in [0.29, 0.717) is 0 Å². The third kappa shape index (κ3) is 3.80. The van der Waals surface area contributed by atoms with E-state index in [0.717, 1.165) is 0 Å². The van der Waals surface area contributed by atoms with Crippen LogP contribution in [0.5, 0.6) is 0 Å². The van der Waals surface area contributed by atoms with Gasteiger partial charge in [0.15, 0.2) is 11.6 Å². The minimum absolute atomic E-state index is 0.387. The summed E-state index contributed by atoms with van der Waals surface area (Å²) in [4.78, 5) is 32.8. The third-order valence-electron chi connectivity index (χ3n) is 1.51. The molecular weight excluding hydrogens is 172 g/mol. The molecule has 0 radical (unpaired) electrons. The Balaban J connectivity index is 4.36. The molecule has 0 aromatic carbocycles. The summed E-state index contributed by atoms with van der Waals surface area (Å²) in [6.45, 7) is 3.97. The molecule has 0 spiro atoms. The molecule has 5 nitrogen and oxygen atoms in total. The monoisotopic (exact) mass is 186 g/mol. The SMILES string of the molecule is CC(=O)C(NC(=O)C(C)N)C(C)=O. The molecule has 0 rings (SSSR count). The molecule has 1 amide bonds. The molecule has 0 saturated carbocycles. The molecule has 0 fully saturated rings. The predicted molar refractivity (Wildman–Crippen MR) is 46.9 cm³/mol. The molecule has 0 heterocycles. The molecular formula is C8H14N2O3. The topological polar surface area (TPSA) is 89.3 Å². The first-order chi connectivity index (χ1) is 5.86. The van der Waals surface area contributed by atoms with Crippen molar-refractivity contribution in [3.8, 4) is 0 Å². The Morgan fingerprint density at radius 2 is 1.54 bits per heavy atom. The number of hydrogen-bond acceptors (Lipinski definition) is 4. The van der Waals surface area contributed by atoms with E-state index >= 15 is 0 Å². The molecule has 0 aliphatic carbocycles. The second-order valence-corrected chi connectivity index (χ2v) is 2.95. The second kappa shape index (κ2) is 4.71. The first kappa shape index (κ1) is 11.8. The van der Waals surface area contributed by atoms with Crippen LogP contribution < -0.4 is 11.1 Å². The van der Waals surface area contributed by atoms with E-state index in [1.807, 2.05) is 0 Å². The molecule has 74 valence electrons. The van der Waals surface area contributed by atoms with E-state index in [1.54, 1.807) is 0 Å². The Morgan fingerprint density at radius 3 is 1.77 bits per heavy atom. The number of nitrogens with one attached hydrogen (secondary N) is 1. The van der Waals surface area contributed by atoms with Crippen LogP contribution in [-0.2, 0) is 14.4 Å². The maximum absolute atomic E-state index is 11.0. The Morgan fingerprint density at radius 1 is 1.15 bits per heavy atom. The van der Waals surface area contributed by atoms with Crippen LogP contribution in [0.3, 0.4) is 0 Å². The highest BCUT2D eigenvalue weighted by atomic mass is 16.2. The van der Waals surface area contributed by atoms with E-state index in [2.05, 4.69) is 5.32 Å². The van der Waals surface area contributed by atoms with Crippen molar-refractivity contribution >= 4 is 17.5 Å². The minimum Gasteiger partial charge on any atom is -0.338 e. The predicted octanol–water partition coefficient (Wildman–Crippen LogP) is -1.00. The van der Waals surface area contributed by atoms with Crippen molar-refractivity contribution in [3.63, 3.8) is 0 Å². The van der Waals surface area contributed by atoms with Gasteiger partial charge in [0.05, 0.1) is 6.04 Å². The highest BCUT2D eigenvalue weighted by molar-refractivity contribution is 6.07. The minimum atomic E-state index is -1.06. The number of carbonyl (C=O) groups is 3. The first-order valence-corrected chi connectivity index (χ1v) is 3.93. The maximum Gasteiger partial charge on any atom is 0.237 e. The van der Waals surface area contributed by atoms with Crippen molar-refractivity contribution in [1.82, 2.24) is 5.32 Å². The second-order valence-electron chi connectivity index (χ2n) is 2.95. The average Bonchev–Trinajstić information content (AvgIpc) is 1.97. The fraction of sp³-hybridized carbons (Fsp3) is 0.625. The number of rotatable bonds is 4. The fourth-order valence-corrected chi connectivity index (χ4v) is 0.763. The van der Waals surface area contributed by atoms with Crippen LogP contribution in [0.1, 0.15) is 20.8 Å². The zero-order chi connectivity index (χ0) is 10.6. The maximum atomic E-state index is 11.0. The van der Waals surface area contributed by atoms with Gasteiger partial charge in [-0.1, -0.05) is 0 Å². The normalized spacial score (nSPS) is 12.4. The Kier molecular flexibility index (Phi) is 4.27. The van der Waals surface area contributed by atoms with Crippen molar-refractivity contribution in [2.75, 3.05) is 0 Å². The number of amides is 1. The lowest BCUT2D eigenvalue weighted by molar-refractivity contribution is -0.133. The lowest BCUT2D eigenvalue weighted by Gasteiger charge is -2.13. The average molecular weight is 186 g/mol. The lowest BCUT2D eigenvalue weighted by atomic mass is 10.1. The Labute approximate surface area is 76.7 Å². The van der Waals surface area contributed by atoms with Crippen LogP contribution in [0.25, 0.3) is 0 Å². The van der Waals surface area contributed by atoms with Crippen molar-refractivity contribution in [2.45, 2.75) is 32.9 Å². The van der Waals surface area contributed by atoms with Crippen molar-refractivity contribution < 1.29 is 14.4 Å². The summed E-state index contributed by atoms with van der Waals surface area (Å²) in [5.41, 5.74) is 5.25. The largest absolute Gasteiger partial charge is 0.338 e. The summed E-state index contributed by atoms with van der Waals surface area (Å²) in [5.74, 6) is -1.28. The van der Waals surface area contributed by atoms with Gasteiger partial charge in [-0.2, -0.15) is 0 Å². The van der Waals surface area contributed by atoms with Crippen LogP contribution in [0.15, 0.2) is 0 Å². The summed E-state index contributed by atoms with van der Waals surface area (Å²) < 4.78 is 0. The van der Waals surface area contributed by atoms with Gasteiger partial charge in [0.25, 0.3) is 0 Å². The van der Waals surface area contributed by atoms with Crippen LogP contribution in [0, 0.1) is 0 Å². The van der Waals surface area contributed by atoms with Gasteiger partial charge in [-0.3, -0.25) is 14.4 Å². The van der Waals surface area contributed by atoms with Gasteiger partial charge in [0, 0.05) is 0 Å². The molecule has 1 atom stereocenters. The molecule has 0 saturated heterocycles. The summed E-state index contributed by atoms with van der Waals surface area (Å²) in [5, 5.41) is 2.25. The van der Waals surface area contributed by atoms with Crippen LogP contribution >= 0.6 is 0 Å². The first-order valence-electron chi connectivity index (χ1n) is 3.93. The molecule has 0 bridgehead atoms. The molecule has 5 heteroatoms. The number of hydrogen-bond donors (Lipinski definition) is 2. The van der Waals surface area contributed by atoms with Crippen LogP contribution in [0.2, 0.25) is 0 Å². The van der Waals surface area contributed by atoms with E-state index in [-0.39, 0.29) is 11.6 Å². The molecule has 3 N–H and O–H groups in total. The van der Waals surface area contributed by atoms with Gasteiger partial charge in [-0.25, -0.2) is 0 Å². The molecule has 13 heavy (non-hydrogen) atoms. The smallest absolute Gasteiger partial charge is 0.237 e. The summed E-state index contributed by atoms with van der Waals surface area (Å²) in [7, 11) is 0. The van der Waals surface area contributed by atoms with Gasteiger partial charge in [-0.15, -0.1) is 0 Å². The molecule has 0 aromatic heterocycles. The highest BCUT2D eigenvalue weighted by Crippen LogP contribution is 1.89. The number of ketones is 2. The quantitative estimate of drug-likeness (QED) is 0.551. The zero-order valence-electron chi connectivity index (χ0n) is 7.96. The van der Waals surface area contributed by atoms with Gasteiger partial charge in [0.1, 0.15) is 6.04 Å². The van der Waals surface area contributed by atoms with Crippen molar-refractivity contribution in [2.24, 2.45) is 5.73 Å². The molecule has 0 aliphatic rings. The molecule has 0 aromatic rings. The fourth-order valence-electron chi connectivity index (χ4n) is 0.763. The van der Waals surface area contributed by atoms with Gasteiger partial charge >= 0.3 is 0 Å². The van der Waals surface area contributed by atoms with Gasteiger partial charge in [-0.05, 0) is 20.8 Å². The van der Waals surface area contributed by atoms with Crippen molar-refractivity contribution in [3.05, 3.63) is 0 Å². The lowest BCUT2D eigenvalue weighted by Crippen LogP contribution is -2.49. The Bertz CT molecular complexity index is 222. The summed E-state index contributed by atoms with van der Waals surface area (Å²) in [6.07, 6.45) is 0. The van der Waals surface area contributed by atoms with E-state index < -0.39 is 18.0 Å². The number of Topliss-reactive ketones (excluding diaryl/α,β-unsaturated/α-hetero) is 2. The zero-order valence-corrected chi connectivity index (χ0v) is 7.96. The standard InChI is InChI=1S/C8H14N2O3/c1-4(9)8(13)10-7(5(2)11)6(3)12/h4,7H,9H2,1-3H3,(H,10,13). The van der Waals surface area contributed by atoms with E-state index in [1.165, 1.54) is 20.8 Å². The van der Waals surface area contributed by atoms with Crippen LogP contribution in [-0.4, -0.2) is 29.6 Å². The molecule has 1 unspecified atom stereocenters. The summed E-state index contributed by atoms with van der Waals surface area (Å²) >= 11 is 0. The van der Waals surface area contributed by atoms with E-state index in [4.69, 9.17) is 5.73 Å². The Hall–Kier alpha value is -1.23. The number of carbonyl (C=O) groups excluding carboxylic acids is 3. The molecule has 0 aliphatic heterocycles. The third-order valence-corrected chi connectivity index (χ3v) is 1.51. The van der Waals surface area contributed by atoms with E-state index in [9.17, 15) is 14.4 Å². The summed E-state index contributed by atoms with van der Waals surface area (Å²) in [6, 6.07) is -1.78. The van der Waals surface area contributed by atoms with Gasteiger partial charge < -0.3 is 11.1 Å².